The zero-order valence-electron chi connectivity index (χ0n) is 7.66. The molecule has 0 spiro atoms. The van der Waals surface area contributed by atoms with Crippen LogP contribution in [0.1, 0.15) is 18.9 Å². The van der Waals surface area contributed by atoms with Crippen molar-refractivity contribution in [3.05, 3.63) is 35.6 Å². The summed E-state index contributed by atoms with van der Waals surface area (Å²) >= 11 is 0. The van der Waals surface area contributed by atoms with Crippen LogP contribution in [0.15, 0.2) is 24.3 Å². The number of halogens is 1. The predicted octanol–water partition coefficient (Wildman–Crippen LogP) is 0.173. The molecular weight excluding hydrogens is 187 g/mol. The minimum absolute atomic E-state index is 0.143. The Labute approximate surface area is 80.8 Å². The monoisotopic (exact) mass is 197 g/mol. The lowest BCUT2D eigenvalue weighted by Gasteiger charge is -2.28. The summed E-state index contributed by atoms with van der Waals surface area (Å²) in [6.07, 6.45) is -0.143. The summed E-state index contributed by atoms with van der Waals surface area (Å²) in [7, 11) is 0. The maximum Gasteiger partial charge on any atom is 0.131 e. The van der Waals surface area contributed by atoms with Crippen molar-refractivity contribution in [3.63, 3.8) is 0 Å². The second-order valence-electron chi connectivity index (χ2n) is 2.98. The third-order valence-electron chi connectivity index (χ3n) is 2.17. The van der Waals surface area contributed by atoms with Crippen molar-refractivity contribution in [3.8, 4) is 0 Å². The van der Waals surface area contributed by atoms with Crippen LogP contribution in [0.2, 0.25) is 0 Å². The Morgan fingerprint density at radius 3 is 2.57 bits per heavy atom. The molecule has 0 saturated carbocycles. The second-order valence-corrected chi connectivity index (χ2v) is 2.98. The van der Waals surface area contributed by atoms with Gasteiger partial charge in [-0.25, -0.2) is 4.39 Å². The average Bonchev–Trinajstić information content (AvgIpc) is 2.17. The molecule has 0 bridgehead atoms. The second kappa shape index (κ2) is 3.75. The number of hydrogen-bond donors (Lipinski definition) is 1. The smallest absolute Gasteiger partial charge is 0.131 e. The van der Waals surface area contributed by atoms with E-state index in [0.29, 0.717) is 0 Å². The molecule has 0 aliphatic carbocycles. The van der Waals surface area contributed by atoms with Crippen LogP contribution in [-0.4, -0.2) is 11.1 Å². The zero-order valence-corrected chi connectivity index (χ0v) is 7.66. The Kier molecular flexibility index (Phi) is 2.86. The summed E-state index contributed by atoms with van der Waals surface area (Å²) in [5.74, 6) is -2.44. The molecule has 0 heterocycles. The summed E-state index contributed by atoms with van der Waals surface area (Å²) in [5, 5.41) is 20.3. The lowest BCUT2D eigenvalue weighted by Crippen LogP contribution is -2.46. The number of benzene rings is 1. The highest BCUT2D eigenvalue weighted by molar-refractivity contribution is 5.77. The highest BCUT2D eigenvalue weighted by Gasteiger charge is 2.31. The molecule has 76 valence electrons. The zero-order chi connectivity index (χ0) is 10.8. The quantitative estimate of drug-likeness (QED) is 0.751. The lowest BCUT2D eigenvalue weighted by molar-refractivity contribution is -0.326. The van der Waals surface area contributed by atoms with Crippen molar-refractivity contribution in [2.24, 2.45) is 0 Å². The van der Waals surface area contributed by atoms with E-state index < -0.39 is 17.4 Å². The highest BCUT2D eigenvalue weighted by atomic mass is 19.1. The summed E-state index contributed by atoms with van der Waals surface area (Å²) in [6.45, 7) is 1.45. The maximum atomic E-state index is 13.2. The standard InChI is InChI=1S/C10H11FO3/c1-2-10(14,9(12)13)7-5-3-4-6-8(7)11/h3-6,14H,2H2,1H3,(H,12,13)/p-1. The van der Waals surface area contributed by atoms with E-state index in [-0.39, 0.29) is 12.0 Å². The van der Waals surface area contributed by atoms with Crippen molar-refractivity contribution in [1.82, 2.24) is 0 Å². The van der Waals surface area contributed by atoms with Gasteiger partial charge in [-0.1, -0.05) is 25.1 Å². The number of carboxylic acids is 1. The molecule has 1 aromatic rings. The molecule has 1 aromatic carbocycles. The van der Waals surface area contributed by atoms with Crippen LogP contribution in [0.5, 0.6) is 0 Å². The van der Waals surface area contributed by atoms with Gasteiger partial charge in [0, 0.05) is 5.56 Å². The van der Waals surface area contributed by atoms with Gasteiger partial charge in [0.25, 0.3) is 0 Å². The summed E-state index contributed by atoms with van der Waals surface area (Å²) in [4.78, 5) is 10.7. The van der Waals surface area contributed by atoms with Gasteiger partial charge in [0.15, 0.2) is 0 Å². The van der Waals surface area contributed by atoms with Gasteiger partial charge in [-0.3, -0.25) is 0 Å². The first-order chi connectivity index (χ1) is 6.52. The molecule has 1 N–H and O–H groups in total. The fourth-order valence-corrected chi connectivity index (χ4v) is 1.24. The molecule has 0 radical (unpaired) electrons. The summed E-state index contributed by atoms with van der Waals surface area (Å²) in [6, 6.07) is 5.21. The number of aliphatic carboxylic acids is 1. The minimum atomic E-state index is -2.24. The van der Waals surface area contributed by atoms with E-state index in [9.17, 15) is 19.4 Å². The number of rotatable bonds is 3. The first-order valence-electron chi connectivity index (χ1n) is 4.21. The van der Waals surface area contributed by atoms with Crippen molar-refractivity contribution in [2.45, 2.75) is 18.9 Å². The first kappa shape index (κ1) is 10.7. The maximum absolute atomic E-state index is 13.2. The van der Waals surface area contributed by atoms with Crippen LogP contribution in [0.4, 0.5) is 4.39 Å². The number of carbonyl (C=O) groups excluding carboxylic acids is 1. The van der Waals surface area contributed by atoms with E-state index >= 15 is 0 Å². The summed E-state index contributed by atoms with van der Waals surface area (Å²) < 4.78 is 13.2. The van der Waals surface area contributed by atoms with Gasteiger partial charge in [-0.15, -0.1) is 0 Å². The van der Waals surface area contributed by atoms with Crippen molar-refractivity contribution in [1.29, 1.82) is 0 Å². The van der Waals surface area contributed by atoms with Crippen molar-refractivity contribution in [2.75, 3.05) is 0 Å². The van der Waals surface area contributed by atoms with E-state index in [2.05, 4.69) is 0 Å². The van der Waals surface area contributed by atoms with E-state index in [1.165, 1.54) is 25.1 Å². The molecule has 0 aliphatic heterocycles. The molecule has 0 fully saturated rings. The van der Waals surface area contributed by atoms with E-state index in [1.54, 1.807) is 0 Å². The Bertz CT molecular complexity index is 351. The predicted molar refractivity (Wildman–Crippen MR) is 45.6 cm³/mol. The Morgan fingerprint density at radius 1 is 1.57 bits per heavy atom. The van der Waals surface area contributed by atoms with E-state index in [1.807, 2.05) is 0 Å². The SMILES string of the molecule is CCC(O)(C(=O)[O-])c1ccccc1F. The molecule has 0 saturated heterocycles. The van der Waals surface area contributed by atoms with Crippen LogP contribution in [0.3, 0.4) is 0 Å². The van der Waals surface area contributed by atoms with E-state index in [0.717, 1.165) is 6.07 Å². The first-order valence-corrected chi connectivity index (χ1v) is 4.21. The fourth-order valence-electron chi connectivity index (χ4n) is 1.24. The molecule has 3 nitrogen and oxygen atoms in total. The van der Waals surface area contributed by atoms with Crippen LogP contribution in [-0.2, 0) is 10.4 Å². The van der Waals surface area contributed by atoms with Gasteiger partial charge in [0.2, 0.25) is 0 Å². The largest absolute Gasteiger partial charge is 0.547 e. The topological polar surface area (TPSA) is 60.4 Å². The van der Waals surface area contributed by atoms with Crippen molar-refractivity contribution >= 4 is 5.97 Å². The third kappa shape index (κ3) is 1.61. The normalized spacial score (nSPS) is 14.8. The number of carbonyl (C=O) groups is 1. The Hall–Kier alpha value is -1.42. The highest BCUT2D eigenvalue weighted by Crippen LogP contribution is 2.26. The molecular formula is C10H10FO3-. The van der Waals surface area contributed by atoms with Crippen LogP contribution in [0.25, 0.3) is 0 Å². The Morgan fingerprint density at radius 2 is 2.14 bits per heavy atom. The average molecular weight is 197 g/mol. The van der Waals surface area contributed by atoms with Crippen LogP contribution in [0, 0.1) is 5.82 Å². The molecule has 0 aromatic heterocycles. The molecule has 1 rings (SSSR count). The number of hydrogen-bond acceptors (Lipinski definition) is 3. The Balaban J connectivity index is 3.26. The van der Waals surface area contributed by atoms with Gasteiger partial charge < -0.3 is 15.0 Å². The minimum Gasteiger partial charge on any atom is -0.547 e. The van der Waals surface area contributed by atoms with Gasteiger partial charge in [0.05, 0.1) is 5.97 Å². The van der Waals surface area contributed by atoms with Gasteiger partial charge in [-0.05, 0) is 12.5 Å². The molecule has 1 unspecified atom stereocenters. The molecule has 4 heteroatoms. The molecule has 0 aliphatic rings. The van der Waals surface area contributed by atoms with Crippen molar-refractivity contribution < 1.29 is 19.4 Å². The number of aliphatic hydroxyl groups is 1. The van der Waals surface area contributed by atoms with Gasteiger partial charge in [-0.2, -0.15) is 0 Å². The molecule has 14 heavy (non-hydrogen) atoms. The summed E-state index contributed by atoms with van der Waals surface area (Å²) in [5.41, 5.74) is -2.51. The number of carboxylic acid groups (broad SMARTS) is 1. The van der Waals surface area contributed by atoms with Crippen LogP contribution >= 0.6 is 0 Å². The lowest BCUT2D eigenvalue weighted by atomic mass is 9.91. The molecule has 0 amide bonds. The van der Waals surface area contributed by atoms with Gasteiger partial charge >= 0.3 is 0 Å². The molecule has 1 atom stereocenters. The van der Waals surface area contributed by atoms with Gasteiger partial charge in [0.1, 0.15) is 11.4 Å². The third-order valence-corrected chi connectivity index (χ3v) is 2.17. The van der Waals surface area contributed by atoms with Crippen LogP contribution < -0.4 is 5.11 Å². The van der Waals surface area contributed by atoms with E-state index in [4.69, 9.17) is 0 Å². The fraction of sp³-hybridized carbons (Fsp3) is 0.300.